The fourth-order valence-electron chi connectivity index (χ4n) is 1.39. The minimum absolute atomic E-state index is 0.163. The highest BCUT2D eigenvalue weighted by atomic mass is 32.2. The van der Waals surface area contributed by atoms with Gasteiger partial charge in [0.2, 0.25) is 0 Å². The van der Waals surface area contributed by atoms with Crippen molar-refractivity contribution in [3.8, 4) is 11.5 Å². The van der Waals surface area contributed by atoms with Gasteiger partial charge in [-0.15, -0.1) is 0 Å². The fraction of sp³-hybridized carbons (Fsp3) is 0.538. The van der Waals surface area contributed by atoms with Crippen LogP contribution in [0.4, 0.5) is 0 Å². The van der Waals surface area contributed by atoms with Crippen LogP contribution in [0.2, 0.25) is 0 Å². The maximum Gasteiger partial charge on any atom is 0.161 e. The molecule has 18 heavy (non-hydrogen) atoms. The van der Waals surface area contributed by atoms with E-state index in [1.165, 1.54) is 0 Å². The van der Waals surface area contributed by atoms with Gasteiger partial charge in [0, 0.05) is 35.4 Å². The maximum absolute atomic E-state index is 11.1. The van der Waals surface area contributed by atoms with Crippen LogP contribution in [0.15, 0.2) is 24.3 Å². The van der Waals surface area contributed by atoms with Crippen LogP contribution in [-0.4, -0.2) is 42.5 Å². The average molecular weight is 271 g/mol. The van der Waals surface area contributed by atoms with Gasteiger partial charge in [-0.3, -0.25) is 4.21 Å². The Morgan fingerprint density at radius 3 is 2.61 bits per heavy atom. The number of rotatable bonds is 8. The van der Waals surface area contributed by atoms with Crippen LogP contribution in [0.5, 0.6) is 11.5 Å². The van der Waals surface area contributed by atoms with Crippen LogP contribution >= 0.6 is 0 Å². The van der Waals surface area contributed by atoms with Crippen LogP contribution < -0.4 is 14.8 Å². The molecule has 2 atom stereocenters. The molecule has 0 saturated heterocycles. The van der Waals surface area contributed by atoms with Crippen molar-refractivity contribution in [2.24, 2.45) is 0 Å². The first-order chi connectivity index (χ1) is 8.65. The molecule has 0 amide bonds. The van der Waals surface area contributed by atoms with Gasteiger partial charge in [0.15, 0.2) is 11.5 Å². The van der Waals surface area contributed by atoms with Gasteiger partial charge in [0.05, 0.1) is 7.11 Å². The van der Waals surface area contributed by atoms with Gasteiger partial charge in [-0.05, 0) is 19.1 Å². The highest BCUT2D eigenvalue weighted by Crippen LogP contribution is 2.25. The highest BCUT2D eigenvalue weighted by Gasteiger charge is 2.05. The lowest BCUT2D eigenvalue weighted by atomic mass is 10.3. The fourth-order valence-corrected chi connectivity index (χ4v) is 1.75. The summed E-state index contributed by atoms with van der Waals surface area (Å²) < 4.78 is 21.9. The summed E-state index contributed by atoms with van der Waals surface area (Å²) in [6, 6.07) is 7.56. The van der Waals surface area contributed by atoms with Crippen LogP contribution in [0.1, 0.15) is 6.92 Å². The lowest BCUT2D eigenvalue weighted by Gasteiger charge is -2.12. The van der Waals surface area contributed by atoms with Crippen LogP contribution in [0.25, 0.3) is 0 Å². The third-order valence-corrected chi connectivity index (χ3v) is 3.90. The second-order valence-electron chi connectivity index (χ2n) is 4.01. The zero-order valence-corrected chi connectivity index (χ0v) is 12.0. The van der Waals surface area contributed by atoms with E-state index in [4.69, 9.17) is 9.47 Å². The first kappa shape index (κ1) is 15.0. The van der Waals surface area contributed by atoms with Crippen molar-refractivity contribution in [2.75, 3.05) is 33.1 Å². The predicted octanol–water partition coefficient (Wildman–Crippen LogP) is 1.43. The number of hydrogen-bond acceptors (Lipinski definition) is 4. The maximum atomic E-state index is 11.1. The van der Waals surface area contributed by atoms with Gasteiger partial charge < -0.3 is 14.8 Å². The van der Waals surface area contributed by atoms with Crippen molar-refractivity contribution < 1.29 is 13.7 Å². The molecule has 1 aromatic carbocycles. The molecule has 0 aromatic heterocycles. The summed E-state index contributed by atoms with van der Waals surface area (Å²) in [5, 5.41) is 3.38. The monoisotopic (exact) mass is 271 g/mol. The number of para-hydroxylation sites is 2. The number of nitrogens with one attached hydrogen (secondary N) is 1. The van der Waals surface area contributed by atoms with Crippen LogP contribution in [-0.2, 0) is 10.8 Å². The molecule has 4 nitrogen and oxygen atoms in total. The lowest BCUT2D eigenvalue weighted by Crippen LogP contribution is -2.30. The third-order valence-electron chi connectivity index (χ3n) is 2.60. The zero-order chi connectivity index (χ0) is 13.4. The molecule has 5 heteroatoms. The summed E-state index contributed by atoms with van der Waals surface area (Å²) in [6.07, 6.45) is 1.72. The quantitative estimate of drug-likeness (QED) is 0.727. The van der Waals surface area contributed by atoms with E-state index in [2.05, 4.69) is 5.32 Å². The lowest BCUT2D eigenvalue weighted by molar-refractivity contribution is 0.292. The average Bonchev–Trinajstić information content (AvgIpc) is 2.38. The first-order valence-corrected chi connectivity index (χ1v) is 7.56. The first-order valence-electron chi connectivity index (χ1n) is 5.94. The molecular formula is C13H21NO3S. The van der Waals surface area contributed by atoms with Gasteiger partial charge in [-0.1, -0.05) is 12.1 Å². The summed E-state index contributed by atoms with van der Waals surface area (Å²) in [5.41, 5.74) is 0. The van der Waals surface area contributed by atoms with Crippen LogP contribution in [0.3, 0.4) is 0 Å². The van der Waals surface area contributed by atoms with Crippen molar-refractivity contribution >= 4 is 10.8 Å². The van der Waals surface area contributed by atoms with Crippen molar-refractivity contribution in [3.63, 3.8) is 0 Å². The molecule has 1 aromatic rings. The SMILES string of the molecule is COc1ccccc1OCCNCC(C)S(C)=O. The topological polar surface area (TPSA) is 47.6 Å². The van der Waals surface area contributed by atoms with E-state index in [1.54, 1.807) is 13.4 Å². The molecule has 0 saturated carbocycles. The molecule has 2 unspecified atom stereocenters. The molecule has 0 aliphatic carbocycles. The van der Waals surface area contributed by atoms with Crippen molar-refractivity contribution in [1.29, 1.82) is 0 Å². The number of methoxy groups -OCH3 is 1. The van der Waals surface area contributed by atoms with Gasteiger partial charge in [-0.25, -0.2) is 0 Å². The minimum Gasteiger partial charge on any atom is -0.493 e. The normalized spacial score (nSPS) is 13.9. The Balaban J connectivity index is 2.24. The largest absolute Gasteiger partial charge is 0.493 e. The van der Waals surface area contributed by atoms with Crippen molar-refractivity contribution in [3.05, 3.63) is 24.3 Å². The van der Waals surface area contributed by atoms with Crippen LogP contribution in [0, 0.1) is 0 Å². The third kappa shape index (κ3) is 5.06. The molecule has 102 valence electrons. The van der Waals surface area contributed by atoms with E-state index in [-0.39, 0.29) is 5.25 Å². The Labute approximate surface area is 111 Å². The van der Waals surface area contributed by atoms with E-state index in [0.29, 0.717) is 6.61 Å². The number of benzene rings is 1. The van der Waals surface area contributed by atoms with Gasteiger partial charge in [0.1, 0.15) is 6.61 Å². The van der Waals surface area contributed by atoms with Crippen molar-refractivity contribution in [2.45, 2.75) is 12.2 Å². The Morgan fingerprint density at radius 1 is 1.33 bits per heavy atom. The molecule has 1 N–H and O–H groups in total. The van der Waals surface area contributed by atoms with E-state index < -0.39 is 10.8 Å². The number of ether oxygens (including phenoxy) is 2. The predicted molar refractivity (Wildman–Crippen MR) is 74.9 cm³/mol. The summed E-state index contributed by atoms with van der Waals surface area (Å²) >= 11 is 0. The summed E-state index contributed by atoms with van der Waals surface area (Å²) in [7, 11) is 0.844. The number of hydrogen-bond donors (Lipinski definition) is 1. The zero-order valence-electron chi connectivity index (χ0n) is 11.1. The molecule has 1 rings (SSSR count). The van der Waals surface area contributed by atoms with Gasteiger partial charge in [-0.2, -0.15) is 0 Å². The molecule has 0 fully saturated rings. The summed E-state index contributed by atoms with van der Waals surface area (Å²) in [6.45, 7) is 3.98. The Kier molecular flexibility index (Phi) is 6.75. The Morgan fingerprint density at radius 2 is 2.00 bits per heavy atom. The molecular weight excluding hydrogens is 250 g/mol. The summed E-state index contributed by atoms with van der Waals surface area (Å²) in [5.74, 6) is 1.48. The second kappa shape index (κ2) is 8.11. The van der Waals surface area contributed by atoms with Crippen molar-refractivity contribution in [1.82, 2.24) is 5.32 Å². The molecule has 0 aliphatic heterocycles. The van der Waals surface area contributed by atoms with Gasteiger partial charge in [0.25, 0.3) is 0 Å². The van der Waals surface area contributed by atoms with Gasteiger partial charge >= 0.3 is 0 Å². The molecule has 0 aliphatic rings. The van der Waals surface area contributed by atoms with E-state index in [0.717, 1.165) is 24.6 Å². The molecule has 0 spiro atoms. The molecule has 0 heterocycles. The minimum atomic E-state index is -0.780. The summed E-state index contributed by atoms with van der Waals surface area (Å²) in [4.78, 5) is 0. The highest BCUT2D eigenvalue weighted by molar-refractivity contribution is 7.84. The van der Waals surface area contributed by atoms with E-state index in [1.807, 2.05) is 31.2 Å². The van der Waals surface area contributed by atoms with E-state index in [9.17, 15) is 4.21 Å². The molecule has 0 radical (unpaired) electrons. The second-order valence-corrected chi connectivity index (χ2v) is 5.81. The Hall–Kier alpha value is -1.07. The van der Waals surface area contributed by atoms with E-state index >= 15 is 0 Å². The standard InChI is InChI=1S/C13H21NO3S/c1-11(18(3)15)10-14-8-9-17-13-7-5-4-6-12(13)16-2/h4-7,11,14H,8-10H2,1-3H3. The Bertz CT molecular complexity index is 384. The molecule has 0 bridgehead atoms. The smallest absolute Gasteiger partial charge is 0.161 e.